The van der Waals surface area contributed by atoms with Crippen LogP contribution in [0.4, 0.5) is 10.5 Å². The predicted octanol–water partition coefficient (Wildman–Crippen LogP) is 4.20. The number of fused-ring (bicyclic) bond motifs is 1. The number of nitrogens with zero attached hydrogens (tertiary/aromatic N) is 2. The highest BCUT2D eigenvalue weighted by Crippen LogP contribution is 2.31. The molecule has 0 radical (unpaired) electrons. The zero-order chi connectivity index (χ0) is 13.9. The Morgan fingerprint density at radius 3 is 2.90 bits per heavy atom. The van der Waals surface area contributed by atoms with Gasteiger partial charge in [0.15, 0.2) is 0 Å². The van der Waals surface area contributed by atoms with Crippen LogP contribution in [0.5, 0.6) is 0 Å². The van der Waals surface area contributed by atoms with Gasteiger partial charge in [-0.3, -0.25) is 4.90 Å². The van der Waals surface area contributed by atoms with Gasteiger partial charge in [0.25, 0.3) is 0 Å². The molecule has 20 heavy (non-hydrogen) atoms. The van der Waals surface area contributed by atoms with E-state index in [9.17, 15) is 4.79 Å². The Balaban J connectivity index is 1.96. The van der Waals surface area contributed by atoms with Crippen LogP contribution < -0.4 is 4.90 Å². The van der Waals surface area contributed by atoms with E-state index in [0.717, 1.165) is 28.7 Å². The van der Waals surface area contributed by atoms with Gasteiger partial charge < -0.3 is 4.74 Å². The zero-order valence-corrected chi connectivity index (χ0v) is 12.4. The molecule has 1 amide bonds. The minimum Gasteiger partial charge on any atom is -0.452 e. The molecule has 5 heteroatoms. The van der Waals surface area contributed by atoms with Crippen molar-refractivity contribution in [1.82, 2.24) is 4.98 Å². The SMILES string of the molecule is COC(=O)N(c1ccc2ncsc2c1)C1CCCCC1. The van der Waals surface area contributed by atoms with Gasteiger partial charge in [0.05, 0.1) is 22.8 Å². The first kappa shape index (κ1) is 13.4. The lowest BCUT2D eigenvalue weighted by Crippen LogP contribution is -2.41. The van der Waals surface area contributed by atoms with Crippen molar-refractivity contribution in [3.8, 4) is 0 Å². The second-order valence-electron chi connectivity index (χ2n) is 5.14. The molecule has 1 saturated carbocycles. The summed E-state index contributed by atoms with van der Waals surface area (Å²) in [6.07, 6.45) is 5.47. The Labute approximate surface area is 122 Å². The van der Waals surface area contributed by atoms with Crippen LogP contribution in [0.3, 0.4) is 0 Å². The monoisotopic (exact) mass is 290 g/mol. The number of benzene rings is 1. The van der Waals surface area contributed by atoms with Gasteiger partial charge in [0, 0.05) is 11.7 Å². The molecule has 4 nitrogen and oxygen atoms in total. The van der Waals surface area contributed by atoms with Crippen LogP contribution in [-0.2, 0) is 4.74 Å². The Morgan fingerprint density at radius 2 is 2.15 bits per heavy atom. The Hall–Kier alpha value is -1.62. The normalized spacial score (nSPS) is 16.2. The van der Waals surface area contributed by atoms with Crippen LogP contribution >= 0.6 is 11.3 Å². The fourth-order valence-corrected chi connectivity index (χ4v) is 3.61. The number of hydrogen-bond donors (Lipinski definition) is 0. The van der Waals surface area contributed by atoms with E-state index in [4.69, 9.17) is 4.74 Å². The predicted molar refractivity (Wildman–Crippen MR) is 81.4 cm³/mol. The molecule has 1 heterocycles. The summed E-state index contributed by atoms with van der Waals surface area (Å²) in [7, 11) is 1.45. The maximum absolute atomic E-state index is 12.2. The van der Waals surface area contributed by atoms with Crippen molar-refractivity contribution >= 4 is 33.3 Å². The van der Waals surface area contributed by atoms with Crippen molar-refractivity contribution in [2.45, 2.75) is 38.1 Å². The number of aromatic nitrogens is 1. The summed E-state index contributed by atoms with van der Waals surface area (Å²) in [4.78, 5) is 18.3. The highest BCUT2D eigenvalue weighted by molar-refractivity contribution is 7.16. The molecule has 0 saturated heterocycles. The Morgan fingerprint density at radius 1 is 1.35 bits per heavy atom. The molecule has 0 spiro atoms. The van der Waals surface area contributed by atoms with E-state index >= 15 is 0 Å². The van der Waals surface area contributed by atoms with Crippen LogP contribution in [0, 0.1) is 0 Å². The molecule has 1 aromatic carbocycles. The Bertz CT molecular complexity index is 605. The van der Waals surface area contributed by atoms with Crippen LogP contribution in [0.15, 0.2) is 23.7 Å². The van der Waals surface area contributed by atoms with Crippen molar-refractivity contribution in [3.63, 3.8) is 0 Å². The minimum absolute atomic E-state index is 0.251. The number of carbonyl (C=O) groups is 1. The van der Waals surface area contributed by atoms with Gasteiger partial charge >= 0.3 is 6.09 Å². The maximum Gasteiger partial charge on any atom is 0.414 e. The lowest BCUT2D eigenvalue weighted by Gasteiger charge is -2.33. The number of carbonyl (C=O) groups excluding carboxylic acids is 1. The van der Waals surface area contributed by atoms with Crippen LogP contribution in [-0.4, -0.2) is 24.2 Å². The molecule has 0 atom stereocenters. The van der Waals surface area contributed by atoms with Crippen molar-refractivity contribution in [3.05, 3.63) is 23.7 Å². The zero-order valence-electron chi connectivity index (χ0n) is 11.5. The van der Waals surface area contributed by atoms with Gasteiger partial charge in [-0.25, -0.2) is 9.78 Å². The number of rotatable bonds is 2. The summed E-state index contributed by atoms with van der Waals surface area (Å²) >= 11 is 1.59. The number of amides is 1. The molecule has 0 N–H and O–H groups in total. The second kappa shape index (κ2) is 5.79. The fourth-order valence-electron chi connectivity index (χ4n) is 2.90. The second-order valence-corrected chi connectivity index (χ2v) is 6.02. The van der Waals surface area contributed by atoms with E-state index in [1.165, 1.54) is 26.4 Å². The van der Waals surface area contributed by atoms with Gasteiger partial charge in [-0.05, 0) is 31.0 Å². The molecule has 1 fully saturated rings. The standard InChI is InChI=1S/C15H18N2O2S/c1-19-15(18)17(11-5-3-2-4-6-11)12-7-8-13-14(9-12)20-10-16-13/h7-11H,2-6H2,1H3. The van der Waals surface area contributed by atoms with Crippen molar-refractivity contribution in [2.75, 3.05) is 12.0 Å². The summed E-state index contributed by atoms with van der Waals surface area (Å²) in [5, 5.41) is 0. The summed E-state index contributed by atoms with van der Waals surface area (Å²) in [5.74, 6) is 0. The summed E-state index contributed by atoms with van der Waals surface area (Å²) in [6, 6.07) is 6.23. The lowest BCUT2D eigenvalue weighted by atomic mass is 9.94. The third-order valence-corrected chi connectivity index (χ3v) is 4.70. The smallest absolute Gasteiger partial charge is 0.414 e. The number of methoxy groups -OCH3 is 1. The molecule has 1 aliphatic rings. The molecule has 1 aliphatic carbocycles. The highest BCUT2D eigenvalue weighted by atomic mass is 32.1. The van der Waals surface area contributed by atoms with Gasteiger partial charge in [0.1, 0.15) is 0 Å². The molecule has 3 rings (SSSR count). The molecule has 106 valence electrons. The quantitative estimate of drug-likeness (QED) is 0.832. The number of thiazole rings is 1. The van der Waals surface area contributed by atoms with Gasteiger partial charge in [-0.1, -0.05) is 19.3 Å². The first-order valence-electron chi connectivity index (χ1n) is 7.00. The maximum atomic E-state index is 12.2. The topological polar surface area (TPSA) is 42.4 Å². The summed E-state index contributed by atoms with van der Waals surface area (Å²) in [6.45, 7) is 0. The molecular weight excluding hydrogens is 272 g/mol. The van der Waals surface area contributed by atoms with E-state index in [1.54, 1.807) is 11.3 Å². The average Bonchev–Trinajstić information content (AvgIpc) is 2.96. The van der Waals surface area contributed by atoms with Crippen molar-refractivity contribution in [2.24, 2.45) is 0 Å². The molecular formula is C15H18N2O2S. The number of anilines is 1. The minimum atomic E-state index is -0.263. The first-order chi connectivity index (χ1) is 9.79. The van der Waals surface area contributed by atoms with Crippen LogP contribution in [0.2, 0.25) is 0 Å². The molecule has 0 aliphatic heterocycles. The largest absolute Gasteiger partial charge is 0.452 e. The number of hydrogen-bond acceptors (Lipinski definition) is 4. The molecule has 2 aromatic rings. The third-order valence-electron chi connectivity index (χ3n) is 3.90. The third kappa shape index (κ3) is 2.50. The van der Waals surface area contributed by atoms with Gasteiger partial charge in [0.2, 0.25) is 0 Å². The fraction of sp³-hybridized carbons (Fsp3) is 0.467. The lowest BCUT2D eigenvalue weighted by molar-refractivity contribution is 0.173. The summed E-state index contributed by atoms with van der Waals surface area (Å²) in [5.41, 5.74) is 3.73. The van der Waals surface area contributed by atoms with Gasteiger partial charge in [-0.15, -0.1) is 11.3 Å². The van der Waals surface area contributed by atoms with Crippen LogP contribution in [0.1, 0.15) is 32.1 Å². The highest BCUT2D eigenvalue weighted by Gasteiger charge is 2.27. The van der Waals surface area contributed by atoms with Crippen LogP contribution in [0.25, 0.3) is 10.2 Å². The molecule has 0 unspecified atom stereocenters. The van der Waals surface area contributed by atoms with E-state index in [1.807, 2.05) is 28.6 Å². The van der Waals surface area contributed by atoms with E-state index in [0.29, 0.717) is 0 Å². The first-order valence-corrected chi connectivity index (χ1v) is 7.88. The van der Waals surface area contributed by atoms with E-state index in [-0.39, 0.29) is 12.1 Å². The summed E-state index contributed by atoms with van der Waals surface area (Å²) < 4.78 is 6.09. The number of ether oxygens (including phenoxy) is 1. The Kier molecular flexibility index (Phi) is 3.87. The average molecular weight is 290 g/mol. The van der Waals surface area contributed by atoms with E-state index < -0.39 is 0 Å². The molecule has 0 bridgehead atoms. The van der Waals surface area contributed by atoms with Gasteiger partial charge in [-0.2, -0.15) is 0 Å². The molecule has 1 aromatic heterocycles. The van der Waals surface area contributed by atoms with Crippen molar-refractivity contribution < 1.29 is 9.53 Å². The van der Waals surface area contributed by atoms with Crippen molar-refractivity contribution in [1.29, 1.82) is 0 Å². The van der Waals surface area contributed by atoms with E-state index in [2.05, 4.69) is 4.98 Å².